The van der Waals surface area contributed by atoms with Gasteiger partial charge in [-0.1, -0.05) is 12.1 Å². The summed E-state index contributed by atoms with van der Waals surface area (Å²) in [5.41, 5.74) is 1.67. The van der Waals surface area contributed by atoms with Crippen LogP contribution in [0.1, 0.15) is 18.7 Å². The number of nitrogens with one attached hydrogen (secondary N) is 1. The molecule has 1 unspecified atom stereocenters. The van der Waals surface area contributed by atoms with Crippen molar-refractivity contribution in [2.45, 2.75) is 13.0 Å². The molecular weight excluding hydrogens is 332 g/mol. The fourth-order valence-corrected chi connectivity index (χ4v) is 3.19. The number of nitrogens with zero attached hydrogens (tertiary/aromatic N) is 3. The highest BCUT2D eigenvalue weighted by Crippen LogP contribution is 2.22. The maximum Gasteiger partial charge on any atom is 0.298 e. The van der Waals surface area contributed by atoms with E-state index in [0.29, 0.717) is 12.6 Å². The molecule has 1 aliphatic heterocycles. The second-order valence-electron chi connectivity index (χ2n) is 6.53. The average Bonchev–Trinajstić information content (AvgIpc) is 3.32. The highest BCUT2D eigenvalue weighted by molar-refractivity contribution is 5.78. The standard InChI is InChI=1S/C19H22N4O3/c1-14(16-7-4-12-25-16)20-18(24)13-22-8-10-23(11-9-22)19-21-15-5-2-3-6-17(15)26-19/h2-7,12,14H,8-11,13H2,1H3,(H,20,24). The Morgan fingerprint density at radius 3 is 2.73 bits per heavy atom. The first-order valence-electron chi connectivity index (χ1n) is 8.85. The zero-order chi connectivity index (χ0) is 17.9. The Kier molecular flexibility index (Phi) is 4.62. The summed E-state index contributed by atoms with van der Waals surface area (Å²) in [5, 5.41) is 2.97. The molecule has 2 aromatic heterocycles. The minimum atomic E-state index is -0.126. The van der Waals surface area contributed by atoms with E-state index < -0.39 is 0 Å². The molecule has 1 fully saturated rings. The zero-order valence-corrected chi connectivity index (χ0v) is 14.7. The van der Waals surface area contributed by atoms with Gasteiger partial charge in [0.25, 0.3) is 6.01 Å². The number of anilines is 1. The molecule has 1 N–H and O–H groups in total. The molecule has 7 nitrogen and oxygen atoms in total. The summed E-state index contributed by atoms with van der Waals surface area (Å²) in [7, 11) is 0. The largest absolute Gasteiger partial charge is 0.467 e. The molecule has 3 aromatic rings. The van der Waals surface area contributed by atoms with E-state index in [9.17, 15) is 4.79 Å². The lowest BCUT2D eigenvalue weighted by atomic mass is 10.2. The van der Waals surface area contributed by atoms with Crippen LogP contribution in [0.2, 0.25) is 0 Å². The van der Waals surface area contributed by atoms with Gasteiger partial charge in [0.15, 0.2) is 5.58 Å². The van der Waals surface area contributed by atoms with Crippen LogP contribution in [0, 0.1) is 0 Å². The average molecular weight is 354 g/mol. The van der Waals surface area contributed by atoms with Gasteiger partial charge < -0.3 is 19.1 Å². The van der Waals surface area contributed by atoms with Crippen molar-refractivity contribution in [1.82, 2.24) is 15.2 Å². The first-order chi connectivity index (χ1) is 12.7. The maximum atomic E-state index is 12.2. The third kappa shape index (κ3) is 3.57. The number of piperazine rings is 1. The molecule has 1 saturated heterocycles. The monoisotopic (exact) mass is 354 g/mol. The van der Waals surface area contributed by atoms with Gasteiger partial charge in [0, 0.05) is 26.2 Å². The predicted molar refractivity (Wildman–Crippen MR) is 97.9 cm³/mol. The van der Waals surface area contributed by atoms with E-state index in [1.807, 2.05) is 43.3 Å². The summed E-state index contributed by atoms with van der Waals surface area (Å²) in [6, 6.07) is 12.0. The van der Waals surface area contributed by atoms with Crippen LogP contribution in [-0.4, -0.2) is 48.5 Å². The van der Waals surface area contributed by atoms with E-state index in [0.717, 1.165) is 43.0 Å². The van der Waals surface area contributed by atoms with Crippen molar-refractivity contribution in [3.05, 3.63) is 48.4 Å². The SMILES string of the molecule is CC(NC(=O)CN1CCN(c2nc3ccccc3o2)CC1)c1ccco1. The third-order valence-corrected chi connectivity index (χ3v) is 4.64. The molecule has 1 aromatic carbocycles. The molecule has 3 heterocycles. The fraction of sp³-hybridized carbons (Fsp3) is 0.368. The smallest absolute Gasteiger partial charge is 0.298 e. The number of carbonyl (C=O) groups is 1. The van der Waals surface area contributed by atoms with Gasteiger partial charge >= 0.3 is 0 Å². The topological polar surface area (TPSA) is 74.8 Å². The Balaban J connectivity index is 1.28. The Morgan fingerprint density at radius 2 is 2.00 bits per heavy atom. The van der Waals surface area contributed by atoms with Gasteiger partial charge in [-0.2, -0.15) is 4.98 Å². The van der Waals surface area contributed by atoms with Crippen LogP contribution in [-0.2, 0) is 4.79 Å². The number of aromatic nitrogens is 1. The van der Waals surface area contributed by atoms with Crippen molar-refractivity contribution >= 4 is 23.0 Å². The number of benzene rings is 1. The van der Waals surface area contributed by atoms with Gasteiger partial charge in [0.05, 0.1) is 18.8 Å². The van der Waals surface area contributed by atoms with E-state index in [1.54, 1.807) is 6.26 Å². The summed E-state index contributed by atoms with van der Waals surface area (Å²) in [5.74, 6) is 0.767. The number of furan rings is 1. The quantitative estimate of drug-likeness (QED) is 0.758. The molecule has 0 bridgehead atoms. The number of carbonyl (C=O) groups excluding carboxylic acids is 1. The van der Waals surface area contributed by atoms with E-state index in [1.165, 1.54) is 0 Å². The van der Waals surface area contributed by atoms with Gasteiger partial charge in [-0.25, -0.2) is 0 Å². The van der Waals surface area contributed by atoms with Crippen LogP contribution in [0.15, 0.2) is 51.5 Å². The fourth-order valence-electron chi connectivity index (χ4n) is 3.19. The summed E-state index contributed by atoms with van der Waals surface area (Å²) in [6.45, 7) is 5.46. The van der Waals surface area contributed by atoms with E-state index in [2.05, 4.69) is 20.1 Å². The highest BCUT2D eigenvalue weighted by Gasteiger charge is 2.23. The van der Waals surface area contributed by atoms with Crippen LogP contribution >= 0.6 is 0 Å². The van der Waals surface area contributed by atoms with Crippen molar-refractivity contribution in [1.29, 1.82) is 0 Å². The lowest BCUT2D eigenvalue weighted by molar-refractivity contribution is -0.123. The van der Waals surface area contributed by atoms with Crippen LogP contribution in [0.5, 0.6) is 0 Å². The normalized spacial score (nSPS) is 16.7. The lowest BCUT2D eigenvalue weighted by Gasteiger charge is -2.33. The van der Waals surface area contributed by atoms with Crippen LogP contribution in [0.3, 0.4) is 0 Å². The summed E-state index contributed by atoms with van der Waals surface area (Å²) < 4.78 is 11.1. The Labute approximate surface area is 151 Å². The molecule has 1 aliphatic rings. The van der Waals surface area contributed by atoms with Crippen LogP contribution < -0.4 is 10.2 Å². The summed E-state index contributed by atoms with van der Waals surface area (Å²) in [6.07, 6.45) is 1.61. The van der Waals surface area contributed by atoms with Crippen molar-refractivity contribution in [2.24, 2.45) is 0 Å². The molecule has 136 valence electrons. The first-order valence-corrected chi connectivity index (χ1v) is 8.85. The number of hydrogen-bond donors (Lipinski definition) is 1. The Hall–Kier alpha value is -2.80. The van der Waals surface area contributed by atoms with E-state index in [-0.39, 0.29) is 11.9 Å². The van der Waals surface area contributed by atoms with Crippen molar-refractivity contribution in [3.63, 3.8) is 0 Å². The number of para-hydroxylation sites is 2. The minimum absolute atomic E-state index is 0.00390. The lowest BCUT2D eigenvalue weighted by Crippen LogP contribution is -2.49. The molecule has 1 atom stereocenters. The number of rotatable bonds is 5. The number of fused-ring (bicyclic) bond motifs is 1. The van der Waals surface area contributed by atoms with Crippen molar-refractivity contribution in [2.75, 3.05) is 37.6 Å². The van der Waals surface area contributed by atoms with Gasteiger partial charge in [-0.15, -0.1) is 0 Å². The molecule has 0 spiro atoms. The molecular formula is C19H22N4O3. The summed E-state index contributed by atoms with van der Waals surface area (Å²) in [4.78, 5) is 21.1. The number of hydrogen-bond acceptors (Lipinski definition) is 6. The third-order valence-electron chi connectivity index (χ3n) is 4.64. The van der Waals surface area contributed by atoms with Crippen LogP contribution in [0.25, 0.3) is 11.1 Å². The molecule has 26 heavy (non-hydrogen) atoms. The van der Waals surface area contributed by atoms with Crippen LogP contribution in [0.4, 0.5) is 6.01 Å². The minimum Gasteiger partial charge on any atom is -0.467 e. The maximum absolute atomic E-state index is 12.2. The molecule has 0 saturated carbocycles. The summed E-state index contributed by atoms with van der Waals surface area (Å²) >= 11 is 0. The first kappa shape index (κ1) is 16.7. The second kappa shape index (κ2) is 7.21. The molecule has 1 amide bonds. The molecule has 7 heteroatoms. The van der Waals surface area contributed by atoms with E-state index >= 15 is 0 Å². The Morgan fingerprint density at radius 1 is 1.19 bits per heavy atom. The number of oxazole rings is 1. The molecule has 0 radical (unpaired) electrons. The van der Waals surface area contributed by atoms with Gasteiger partial charge in [-0.05, 0) is 31.2 Å². The van der Waals surface area contributed by atoms with Crippen molar-refractivity contribution in [3.8, 4) is 0 Å². The predicted octanol–water partition coefficient (Wildman–Crippen LogP) is 2.42. The van der Waals surface area contributed by atoms with E-state index in [4.69, 9.17) is 8.83 Å². The zero-order valence-electron chi connectivity index (χ0n) is 14.7. The molecule has 0 aliphatic carbocycles. The van der Waals surface area contributed by atoms with Gasteiger partial charge in [0.2, 0.25) is 5.91 Å². The van der Waals surface area contributed by atoms with Gasteiger partial charge in [-0.3, -0.25) is 9.69 Å². The molecule has 4 rings (SSSR count). The second-order valence-corrected chi connectivity index (χ2v) is 6.53. The van der Waals surface area contributed by atoms with Crippen molar-refractivity contribution < 1.29 is 13.6 Å². The van der Waals surface area contributed by atoms with Gasteiger partial charge in [0.1, 0.15) is 11.3 Å². The number of amides is 1. The Bertz CT molecular complexity index is 833. The highest BCUT2D eigenvalue weighted by atomic mass is 16.4.